The molecule has 3 aromatic rings. The maximum atomic E-state index is 4.94. The van der Waals surface area contributed by atoms with Gasteiger partial charge in [0.25, 0.3) is 0 Å². The molecule has 0 aromatic heterocycles. The zero-order valence-electron chi connectivity index (χ0n) is 23.1. The molecule has 0 radical (unpaired) electrons. The van der Waals surface area contributed by atoms with Crippen molar-refractivity contribution >= 4 is 23.3 Å². The predicted octanol–water partition coefficient (Wildman–Crippen LogP) is 10.2. The van der Waals surface area contributed by atoms with Gasteiger partial charge in [-0.15, -0.1) is 0 Å². The van der Waals surface area contributed by atoms with E-state index >= 15 is 0 Å². The summed E-state index contributed by atoms with van der Waals surface area (Å²) >= 11 is 0. The van der Waals surface area contributed by atoms with E-state index in [1.54, 1.807) is 0 Å². The molecular formula is C34H44N2. The summed E-state index contributed by atoms with van der Waals surface area (Å²) in [4.78, 5) is 9.79. The van der Waals surface area contributed by atoms with Crippen molar-refractivity contribution in [2.24, 2.45) is 9.98 Å². The Kier molecular flexibility index (Phi) is 11.1. The number of benzene rings is 3. The molecule has 0 aliphatic rings. The number of hydrogen-bond donors (Lipinski definition) is 0. The average Bonchev–Trinajstić information content (AvgIpc) is 2.89. The van der Waals surface area contributed by atoms with E-state index in [9.17, 15) is 0 Å². The molecule has 3 rings (SSSR count). The number of hydrogen-bond acceptors (Lipinski definition) is 2. The van der Waals surface area contributed by atoms with E-state index in [1.807, 2.05) is 13.1 Å². The Morgan fingerprint density at radius 1 is 0.750 bits per heavy atom. The molecule has 190 valence electrons. The van der Waals surface area contributed by atoms with Crippen molar-refractivity contribution in [3.63, 3.8) is 0 Å². The summed E-state index contributed by atoms with van der Waals surface area (Å²) in [6.45, 7) is 11.0. The largest absolute Gasteiger partial charge is 0.255 e. The second-order valence-corrected chi connectivity index (χ2v) is 9.93. The lowest BCUT2D eigenvalue weighted by molar-refractivity contribution is 0.664. The highest BCUT2D eigenvalue weighted by Gasteiger charge is 2.08. The van der Waals surface area contributed by atoms with Crippen LogP contribution in [0, 0.1) is 6.92 Å². The van der Waals surface area contributed by atoms with Crippen LogP contribution in [0.15, 0.2) is 70.6 Å². The van der Waals surface area contributed by atoms with Crippen molar-refractivity contribution in [3.05, 3.63) is 82.9 Å². The molecule has 0 unspecified atom stereocenters. The summed E-state index contributed by atoms with van der Waals surface area (Å²) in [5.41, 5.74) is 11.1. The number of rotatable bonds is 13. The number of unbranched alkanes of at least 4 members (excludes halogenated alkanes) is 4. The third kappa shape index (κ3) is 8.29. The van der Waals surface area contributed by atoms with Crippen molar-refractivity contribution < 1.29 is 0 Å². The van der Waals surface area contributed by atoms with Gasteiger partial charge in [-0.2, -0.15) is 0 Å². The van der Waals surface area contributed by atoms with E-state index in [1.165, 1.54) is 71.9 Å². The van der Waals surface area contributed by atoms with E-state index in [-0.39, 0.29) is 0 Å². The van der Waals surface area contributed by atoms with Gasteiger partial charge in [0.2, 0.25) is 0 Å². The molecule has 0 spiro atoms. The molecule has 2 nitrogen and oxygen atoms in total. The lowest BCUT2D eigenvalue weighted by Crippen LogP contribution is -1.98. The maximum Gasteiger partial charge on any atom is 0.0639 e. The minimum Gasteiger partial charge on any atom is -0.255 e. The molecule has 36 heavy (non-hydrogen) atoms. The lowest BCUT2D eigenvalue weighted by Gasteiger charge is -2.13. The van der Waals surface area contributed by atoms with E-state index in [2.05, 4.69) is 88.4 Å². The molecular weight excluding hydrogens is 436 g/mol. The van der Waals surface area contributed by atoms with Gasteiger partial charge in [0.1, 0.15) is 0 Å². The van der Waals surface area contributed by atoms with Gasteiger partial charge in [-0.05, 0) is 104 Å². The first-order chi connectivity index (χ1) is 17.5. The predicted molar refractivity (Wildman–Crippen MR) is 160 cm³/mol. The van der Waals surface area contributed by atoms with Crippen LogP contribution in [0.4, 0.5) is 11.4 Å². The molecule has 0 aliphatic carbocycles. The molecule has 0 N–H and O–H groups in total. The second-order valence-electron chi connectivity index (χ2n) is 9.93. The van der Waals surface area contributed by atoms with Crippen molar-refractivity contribution in [2.45, 2.75) is 92.4 Å². The third-order valence-corrected chi connectivity index (χ3v) is 6.81. The quantitative estimate of drug-likeness (QED) is 0.172. The zero-order chi connectivity index (χ0) is 25.8. The summed E-state index contributed by atoms with van der Waals surface area (Å²) < 4.78 is 0. The third-order valence-electron chi connectivity index (χ3n) is 6.81. The normalized spacial score (nSPS) is 12.0. The van der Waals surface area contributed by atoms with Crippen molar-refractivity contribution in [1.29, 1.82) is 0 Å². The molecule has 3 aromatic carbocycles. The number of nitrogens with zero attached hydrogens (tertiary/aromatic N) is 2. The summed E-state index contributed by atoms with van der Waals surface area (Å²) in [7, 11) is 0. The zero-order valence-corrected chi connectivity index (χ0v) is 23.1. The summed E-state index contributed by atoms with van der Waals surface area (Å²) in [5, 5.41) is 0. The monoisotopic (exact) mass is 480 g/mol. The highest BCUT2D eigenvalue weighted by molar-refractivity contribution is 6.30. The Hall–Kier alpha value is -3.00. The Morgan fingerprint density at radius 3 is 2.25 bits per heavy atom. The molecule has 0 fully saturated rings. The van der Waals surface area contributed by atoms with E-state index in [0.29, 0.717) is 0 Å². The molecule has 0 saturated heterocycles. The highest BCUT2D eigenvalue weighted by atomic mass is 14.8. The SMILES string of the molecule is CCCCCCc1cc(N=C(C)C=Nc2cc(CCCC)cc(-c3ccccc3)c2)cc(C)c1CC. The first-order valence-electron chi connectivity index (χ1n) is 13.9. The van der Waals surface area contributed by atoms with Crippen molar-refractivity contribution in [1.82, 2.24) is 0 Å². The first-order valence-corrected chi connectivity index (χ1v) is 13.9. The first kappa shape index (κ1) is 27.6. The van der Waals surface area contributed by atoms with Crippen LogP contribution in [-0.4, -0.2) is 11.9 Å². The van der Waals surface area contributed by atoms with Crippen LogP contribution in [0.5, 0.6) is 0 Å². The second kappa shape index (κ2) is 14.5. The van der Waals surface area contributed by atoms with Crippen molar-refractivity contribution in [3.8, 4) is 11.1 Å². The molecule has 0 atom stereocenters. The average molecular weight is 481 g/mol. The Bertz CT molecular complexity index is 1160. The fourth-order valence-corrected chi connectivity index (χ4v) is 4.88. The van der Waals surface area contributed by atoms with E-state index in [4.69, 9.17) is 9.98 Å². The van der Waals surface area contributed by atoms with Crippen LogP contribution in [0.2, 0.25) is 0 Å². The summed E-state index contributed by atoms with van der Waals surface area (Å²) in [6, 6.07) is 21.8. The van der Waals surface area contributed by atoms with Gasteiger partial charge in [-0.3, -0.25) is 9.98 Å². The van der Waals surface area contributed by atoms with Gasteiger partial charge in [-0.25, -0.2) is 0 Å². The van der Waals surface area contributed by atoms with Crippen LogP contribution in [-0.2, 0) is 19.3 Å². The fraction of sp³-hybridized carbons (Fsp3) is 0.412. The molecule has 2 heteroatoms. The molecule has 0 saturated carbocycles. The summed E-state index contributed by atoms with van der Waals surface area (Å²) in [6.07, 6.45) is 12.8. The summed E-state index contributed by atoms with van der Waals surface area (Å²) in [5.74, 6) is 0. The standard InChI is InChI=1S/C34H44N2/c1-6-9-11-13-19-30-23-33(20-26(4)34(30)8-3)36-27(5)25-35-32-22-28(16-10-7-2)21-31(24-32)29-17-14-12-15-18-29/h12,14-15,17-18,20-25H,6-11,13,16,19H2,1-5H3. The Balaban J connectivity index is 1.84. The highest BCUT2D eigenvalue weighted by Crippen LogP contribution is 2.28. The molecule has 0 bridgehead atoms. The Labute approximate surface area is 219 Å². The molecule has 0 aliphatic heterocycles. The van der Waals surface area contributed by atoms with Gasteiger partial charge in [-0.1, -0.05) is 82.9 Å². The topological polar surface area (TPSA) is 24.7 Å². The van der Waals surface area contributed by atoms with Crippen LogP contribution in [0.3, 0.4) is 0 Å². The minimum atomic E-state index is 0.927. The van der Waals surface area contributed by atoms with Crippen LogP contribution in [0.25, 0.3) is 11.1 Å². The smallest absolute Gasteiger partial charge is 0.0639 e. The number of aryl methyl sites for hydroxylation is 3. The van der Waals surface area contributed by atoms with Gasteiger partial charge < -0.3 is 0 Å². The Morgan fingerprint density at radius 2 is 1.53 bits per heavy atom. The lowest BCUT2D eigenvalue weighted by atomic mass is 9.94. The van der Waals surface area contributed by atoms with Crippen molar-refractivity contribution in [2.75, 3.05) is 0 Å². The molecule has 0 heterocycles. The van der Waals surface area contributed by atoms with Gasteiger partial charge in [0.15, 0.2) is 0 Å². The minimum absolute atomic E-state index is 0.927. The number of aliphatic imine (C=N–C) groups is 2. The van der Waals surface area contributed by atoms with Crippen LogP contribution in [0.1, 0.15) is 88.5 Å². The van der Waals surface area contributed by atoms with Gasteiger partial charge in [0.05, 0.1) is 17.1 Å². The molecule has 0 amide bonds. The van der Waals surface area contributed by atoms with Crippen LogP contribution >= 0.6 is 0 Å². The van der Waals surface area contributed by atoms with Crippen LogP contribution < -0.4 is 0 Å². The van der Waals surface area contributed by atoms with Gasteiger partial charge >= 0.3 is 0 Å². The maximum absolute atomic E-state index is 4.94. The van der Waals surface area contributed by atoms with E-state index < -0.39 is 0 Å². The fourth-order valence-electron chi connectivity index (χ4n) is 4.88. The van der Waals surface area contributed by atoms with Gasteiger partial charge in [0, 0.05) is 6.21 Å². The van der Waals surface area contributed by atoms with E-state index in [0.717, 1.165) is 36.3 Å².